The van der Waals surface area contributed by atoms with Gasteiger partial charge in [-0.2, -0.15) is 13.2 Å². The number of carbonyl (C=O) groups excluding carboxylic acids is 1. The van der Waals surface area contributed by atoms with Crippen molar-refractivity contribution >= 4 is 17.3 Å². The minimum atomic E-state index is -4.64. The van der Waals surface area contributed by atoms with E-state index in [0.717, 1.165) is 66.5 Å². The average molecular weight is 536 g/mol. The van der Waals surface area contributed by atoms with Gasteiger partial charge in [-0.25, -0.2) is 4.98 Å². The minimum Gasteiger partial charge on any atom is -0.378 e. The number of hydrogen-bond donors (Lipinski definition) is 1. The van der Waals surface area contributed by atoms with Crippen LogP contribution in [0.5, 0.6) is 0 Å². The van der Waals surface area contributed by atoms with Crippen LogP contribution in [0.1, 0.15) is 27.3 Å². The lowest BCUT2D eigenvalue weighted by Gasteiger charge is -2.32. The van der Waals surface area contributed by atoms with Crippen LogP contribution in [0, 0.1) is 24.7 Å². The van der Waals surface area contributed by atoms with Gasteiger partial charge in [0.05, 0.1) is 18.9 Å². The lowest BCUT2D eigenvalue weighted by molar-refractivity contribution is -0.141. The third kappa shape index (κ3) is 6.21. The lowest BCUT2D eigenvalue weighted by Crippen LogP contribution is -2.42. The van der Waals surface area contributed by atoms with Gasteiger partial charge < -0.3 is 19.9 Å². The van der Waals surface area contributed by atoms with Gasteiger partial charge in [0.15, 0.2) is 0 Å². The molecule has 0 unspecified atom stereocenters. The number of likely N-dealkylation sites (tertiary alicyclic amines) is 1. The maximum atomic E-state index is 13.0. The summed E-state index contributed by atoms with van der Waals surface area (Å²) in [5, 5.41) is 2.71. The smallest absolute Gasteiger partial charge is 0.378 e. The summed E-state index contributed by atoms with van der Waals surface area (Å²) < 4.78 is 44.7. The third-order valence-corrected chi connectivity index (χ3v) is 6.80. The highest BCUT2D eigenvalue weighted by molar-refractivity contribution is 6.04. The van der Waals surface area contributed by atoms with Gasteiger partial charge in [-0.1, -0.05) is 12.0 Å². The zero-order valence-corrected chi connectivity index (χ0v) is 21.7. The summed E-state index contributed by atoms with van der Waals surface area (Å²) in [6, 6.07) is 9.42. The van der Waals surface area contributed by atoms with Gasteiger partial charge in [0.25, 0.3) is 5.91 Å². The van der Waals surface area contributed by atoms with Crippen LogP contribution in [-0.2, 0) is 10.9 Å². The number of nitrogens with zero attached hydrogens (tertiary/aromatic N) is 4. The maximum absolute atomic E-state index is 13.0. The van der Waals surface area contributed by atoms with Gasteiger partial charge in [0.1, 0.15) is 11.4 Å². The van der Waals surface area contributed by atoms with Gasteiger partial charge in [0, 0.05) is 61.3 Å². The topological polar surface area (TPSA) is 70.6 Å². The van der Waals surface area contributed by atoms with Crippen molar-refractivity contribution in [2.24, 2.45) is 5.92 Å². The summed E-state index contributed by atoms with van der Waals surface area (Å²) in [5.41, 5.74) is 3.52. The highest BCUT2D eigenvalue weighted by Crippen LogP contribution is 2.32. The Bertz CT molecular complexity index is 1430. The first-order chi connectivity index (χ1) is 18.7. The number of halogens is 3. The van der Waals surface area contributed by atoms with Crippen molar-refractivity contribution in [2.75, 3.05) is 56.7 Å². The summed E-state index contributed by atoms with van der Waals surface area (Å²) >= 11 is 0. The molecule has 0 spiro atoms. The van der Waals surface area contributed by atoms with Crippen LogP contribution < -0.4 is 10.2 Å². The normalized spacial score (nSPS) is 16.3. The first-order valence-corrected chi connectivity index (χ1v) is 12.7. The number of alkyl halides is 3. The SMILES string of the molecule is Cc1ccc(NC(=O)c2ccnc(C(F)(F)F)c2)cc1-c1cnc(C#CC2CN(C)C2)c(N2CCOCC2)c1. The Morgan fingerprint density at radius 1 is 1.10 bits per heavy atom. The number of aryl methyl sites for hydroxylation is 1. The summed E-state index contributed by atoms with van der Waals surface area (Å²) in [5.74, 6) is 6.31. The number of carbonyl (C=O) groups is 1. The Balaban J connectivity index is 1.43. The fourth-order valence-corrected chi connectivity index (χ4v) is 4.64. The molecule has 202 valence electrons. The second-order valence-corrected chi connectivity index (χ2v) is 9.79. The van der Waals surface area contributed by atoms with E-state index < -0.39 is 17.8 Å². The zero-order chi connectivity index (χ0) is 27.6. The summed E-state index contributed by atoms with van der Waals surface area (Å²) in [6.07, 6.45) is -1.89. The van der Waals surface area contributed by atoms with E-state index in [2.05, 4.69) is 45.1 Å². The molecule has 2 aliphatic heterocycles. The molecule has 1 amide bonds. The molecule has 3 aromatic rings. The van der Waals surface area contributed by atoms with E-state index in [1.54, 1.807) is 18.3 Å². The van der Waals surface area contributed by atoms with E-state index in [-0.39, 0.29) is 5.56 Å². The molecule has 39 heavy (non-hydrogen) atoms. The molecule has 0 saturated carbocycles. The van der Waals surface area contributed by atoms with Crippen molar-refractivity contribution in [2.45, 2.75) is 13.1 Å². The van der Waals surface area contributed by atoms with E-state index in [4.69, 9.17) is 9.72 Å². The summed E-state index contributed by atoms with van der Waals surface area (Å²) in [4.78, 5) is 25.2. The van der Waals surface area contributed by atoms with Gasteiger partial charge in [0.2, 0.25) is 0 Å². The highest BCUT2D eigenvalue weighted by Gasteiger charge is 2.33. The molecule has 0 bridgehead atoms. The Morgan fingerprint density at radius 2 is 1.87 bits per heavy atom. The number of nitrogens with one attached hydrogen (secondary N) is 1. The molecular weight excluding hydrogens is 507 g/mol. The van der Waals surface area contributed by atoms with E-state index in [1.165, 1.54) is 6.07 Å². The van der Waals surface area contributed by atoms with E-state index in [9.17, 15) is 18.0 Å². The van der Waals surface area contributed by atoms with Gasteiger partial charge in [-0.05, 0) is 61.4 Å². The number of aromatic nitrogens is 2. The Morgan fingerprint density at radius 3 is 2.59 bits per heavy atom. The zero-order valence-electron chi connectivity index (χ0n) is 21.7. The van der Waals surface area contributed by atoms with E-state index >= 15 is 0 Å². The molecule has 10 heteroatoms. The molecule has 4 heterocycles. The quantitative estimate of drug-likeness (QED) is 0.497. The number of benzene rings is 1. The number of amides is 1. The van der Waals surface area contributed by atoms with Gasteiger partial charge >= 0.3 is 6.18 Å². The maximum Gasteiger partial charge on any atom is 0.433 e. The van der Waals surface area contributed by atoms with Crippen LogP contribution >= 0.6 is 0 Å². The molecule has 2 aromatic heterocycles. The monoisotopic (exact) mass is 535 g/mol. The standard InChI is InChI=1S/C29H28F3N5O2/c1-19-3-5-23(35-28(38)21-7-8-33-27(14-21)29(30,31)32)15-24(19)22-13-26(37-9-11-39-12-10-37)25(34-16-22)6-4-20-17-36(2)18-20/h3,5,7-8,13-16,20H,9-12,17-18H2,1-2H3,(H,35,38). The number of pyridine rings is 2. The Labute approximate surface area is 225 Å². The predicted molar refractivity (Wildman–Crippen MR) is 142 cm³/mol. The molecule has 7 nitrogen and oxygen atoms in total. The predicted octanol–water partition coefficient (Wildman–Crippen LogP) is 4.47. The van der Waals surface area contributed by atoms with Crippen LogP contribution in [0.2, 0.25) is 0 Å². The van der Waals surface area contributed by atoms with Crippen molar-refractivity contribution in [1.82, 2.24) is 14.9 Å². The van der Waals surface area contributed by atoms with Gasteiger partial charge in [-0.15, -0.1) is 0 Å². The molecule has 2 saturated heterocycles. The summed E-state index contributed by atoms with van der Waals surface area (Å²) in [6.45, 7) is 6.56. The molecule has 2 aliphatic rings. The molecule has 1 aromatic carbocycles. The molecule has 0 atom stereocenters. The van der Waals surface area contributed by atoms with Crippen molar-refractivity contribution in [3.05, 3.63) is 71.3 Å². The fraction of sp³-hybridized carbons (Fsp3) is 0.345. The Hall–Kier alpha value is -3.94. The van der Waals surface area contributed by atoms with Crippen molar-refractivity contribution < 1.29 is 22.7 Å². The number of ether oxygens (including phenoxy) is 1. The first kappa shape index (κ1) is 26.7. The van der Waals surface area contributed by atoms with Crippen LogP contribution in [0.3, 0.4) is 0 Å². The Kier molecular flexibility index (Phi) is 7.55. The molecule has 0 aliphatic carbocycles. The fourth-order valence-electron chi connectivity index (χ4n) is 4.64. The van der Waals surface area contributed by atoms with E-state index in [1.807, 2.05) is 13.0 Å². The highest BCUT2D eigenvalue weighted by atomic mass is 19.4. The minimum absolute atomic E-state index is 0.128. The van der Waals surface area contributed by atoms with Crippen LogP contribution in [0.15, 0.2) is 48.8 Å². The van der Waals surface area contributed by atoms with Crippen molar-refractivity contribution in [1.29, 1.82) is 0 Å². The number of morpholine rings is 1. The number of anilines is 2. The summed E-state index contributed by atoms with van der Waals surface area (Å²) in [7, 11) is 2.07. The van der Waals surface area contributed by atoms with Crippen LogP contribution in [0.4, 0.5) is 24.5 Å². The van der Waals surface area contributed by atoms with Crippen molar-refractivity contribution in [3.8, 4) is 23.0 Å². The largest absolute Gasteiger partial charge is 0.433 e. The lowest BCUT2D eigenvalue weighted by atomic mass is 9.99. The van der Waals surface area contributed by atoms with Crippen molar-refractivity contribution in [3.63, 3.8) is 0 Å². The van der Waals surface area contributed by atoms with Gasteiger partial charge in [-0.3, -0.25) is 9.78 Å². The average Bonchev–Trinajstić information content (AvgIpc) is 2.91. The van der Waals surface area contributed by atoms with E-state index in [0.29, 0.717) is 24.8 Å². The van der Waals surface area contributed by atoms with Crippen LogP contribution in [0.25, 0.3) is 11.1 Å². The number of rotatable bonds is 4. The molecule has 2 fully saturated rings. The molecule has 5 rings (SSSR count). The molecular formula is C29H28F3N5O2. The second-order valence-electron chi connectivity index (χ2n) is 9.79. The molecule has 1 N–H and O–H groups in total. The first-order valence-electron chi connectivity index (χ1n) is 12.7. The third-order valence-electron chi connectivity index (χ3n) is 6.80. The second kappa shape index (κ2) is 11.0. The molecule has 0 radical (unpaired) electrons. The van der Waals surface area contributed by atoms with Crippen LogP contribution in [-0.4, -0.2) is 67.2 Å². The number of hydrogen-bond acceptors (Lipinski definition) is 6.